The summed E-state index contributed by atoms with van der Waals surface area (Å²) >= 11 is 0. The van der Waals surface area contributed by atoms with Crippen molar-refractivity contribution in [2.75, 3.05) is 24.6 Å². The zero-order valence-corrected chi connectivity index (χ0v) is 12.0. The Morgan fingerprint density at radius 2 is 2.11 bits per heavy atom. The van der Waals surface area contributed by atoms with Crippen molar-refractivity contribution in [2.45, 2.75) is 39.4 Å². The number of ether oxygens (including phenoxy) is 1. The lowest BCUT2D eigenvalue weighted by Gasteiger charge is -2.40. The predicted octanol–water partition coefficient (Wildman–Crippen LogP) is 2.80. The Labute approximate surface area is 114 Å². The first-order valence-electron chi connectivity index (χ1n) is 6.67. The van der Waals surface area contributed by atoms with Crippen LogP contribution in [0.2, 0.25) is 0 Å². The van der Waals surface area contributed by atoms with Gasteiger partial charge in [0.15, 0.2) is 0 Å². The van der Waals surface area contributed by atoms with Crippen LogP contribution in [0.1, 0.15) is 38.0 Å². The van der Waals surface area contributed by atoms with Crippen LogP contribution in [-0.4, -0.2) is 30.4 Å². The number of rotatable bonds is 2. The Morgan fingerprint density at radius 3 is 2.68 bits per heavy atom. The van der Waals surface area contributed by atoms with Crippen LogP contribution in [0.25, 0.3) is 0 Å². The van der Waals surface area contributed by atoms with Gasteiger partial charge in [-0.15, -0.1) is 0 Å². The summed E-state index contributed by atoms with van der Waals surface area (Å²) in [7, 11) is 0. The maximum absolute atomic E-state index is 13.7. The van der Waals surface area contributed by atoms with Crippen LogP contribution >= 0.6 is 0 Å². The van der Waals surface area contributed by atoms with Crippen LogP contribution in [0, 0.1) is 12.7 Å². The summed E-state index contributed by atoms with van der Waals surface area (Å²) < 4.78 is 19.4. The summed E-state index contributed by atoms with van der Waals surface area (Å²) in [5.41, 5.74) is 1.92. The molecule has 1 atom stereocenters. The lowest BCUT2D eigenvalue weighted by molar-refractivity contribution is -0.0278. The van der Waals surface area contributed by atoms with Gasteiger partial charge in [0.1, 0.15) is 5.82 Å². The van der Waals surface area contributed by atoms with Crippen LogP contribution in [0.4, 0.5) is 10.1 Å². The molecule has 0 radical (unpaired) electrons. The number of aryl methyl sites for hydroxylation is 1. The van der Waals surface area contributed by atoms with Crippen molar-refractivity contribution in [2.24, 2.45) is 0 Å². The molecule has 1 saturated heterocycles. The second-order valence-corrected chi connectivity index (χ2v) is 5.87. The van der Waals surface area contributed by atoms with Gasteiger partial charge in [0, 0.05) is 24.3 Å². The third kappa shape index (κ3) is 3.07. The molecule has 0 aliphatic carbocycles. The Hall–Kier alpha value is -1.13. The normalized spacial score (nSPS) is 20.4. The zero-order valence-electron chi connectivity index (χ0n) is 12.0. The standard InChI is InChI=1S/C15H22FNO2/c1-10-7-14(12(11(2)18)8-13(10)16)17-5-6-19-15(3,4)9-17/h7-8,11,18H,5-6,9H2,1-4H3/t11-/m1/s1. The van der Waals surface area contributed by atoms with E-state index >= 15 is 0 Å². The van der Waals surface area contributed by atoms with Gasteiger partial charge in [0.25, 0.3) is 0 Å². The van der Waals surface area contributed by atoms with Gasteiger partial charge >= 0.3 is 0 Å². The number of hydrogen-bond donors (Lipinski definition) is 1. The lowest BCUT2D eigenvalue weighted by Crippen LogP contribution is -2.48. The number of hydrogen-bond acceptors (Lipinski definition) is 3. The molecule has 106 valence electrons. The van der Waals surface area contributed by atoms with E-state index in [1.54, 1.807) is 13.8 Å². The van der Waals surface area contributed by atoms with Gasteiger partial charge in [-0.25, -0.2) is 4.39 Å². The average Bonchev–Trinajstić information content (AvgIpc) is 2.30. The molecule has 2 rings (SSSR count). The molecule has 1 heterocycles. The first-order valence-corrected chi connectivity index (χ1v) is 6.67. The molecule has 1 aliphatic rings. The minimum absolute atomic E-state index is 0.226. The molecule has 4 heteroatoms. The highest BCUT2D eigenvalue weighted by Crippen LogP contribution is 2.32. The van der Waals surface area contributed by atoms with Gasteiger partial charge < -0.3 is 14.7 Å². The largest absolute Gasteiger partial charge is 0.389 e. The smallest absolute Gasteiger partial charge is 0.126 e. The molecule has 0 spiro atoms. The van der Waals surface area contributed by atoms with Crippen molar-refractivity contribution in [3.63, 3.8) is 0 Å². The maximum atomic E-state index is 13.7. The predicted molar refractivity (Wildman–Crippen MR) is 74.0 cm³/mol. The van der Waals surface area contributed by atoms with Gasteiger partial charge in [0.2, 0.25) is 0 Å². The Balaban J connectivity index is 2.40. The van der Waals surface area contributed by atoms with E-state index < -0.39 is 6.10 Å². The summed E-state index contributed by atoms with van der Waals surface area (Å²) in [6.07, 6.45) is -0.684. The minimum Gasteiger partial charge on any atom is -0.389 e. The minimum atomic E-state index is -0.684. The Kier molecular flexibility index (Phi) is 3.83. The number of aliphatic hydroxyl groups excluding tert-OH is 1. The molecule has 0 unspecified atom stereocenters. The molecule has 0 saturated carbocycles. The molecule has 1 aromatic rings. The average molecular weight is 267 g/mol. The molecule has 0 amide bonds. The van der Waals surface area contributed by atoms with E-state index in [0.717, 1.165) is 18.8 Å². The summed E-state index contributed by atoms with van der Waals surface area (Å²) in [6, 6.07) is 3.26. The van der Waals surface area contributed by atoms with E-state index in [1.807, 2.05) is 19.9 Å². The first-order chi connectivity index (χ1) is 8.80. The molecule has 0 aromatic heterocycles. The maximum Gasteiger partial charge on any atom is 0.126 e. The highest BCUT2D eigenvalue weighted by molar-refractivity contribution is 5.57. The quantitative estimate of drug-likeness (QED) is 0.894. The van der Waals surface area contributed by atoms with E-state index in [0.29, 0.717) is 17.7 Å². The van der Waals surface area contributed by atoms with E-state index in [4.69, 9.17) is 4.74 Å². The topological polar surface area (TPSA) is 32.7 Å². The van der Waals surface area contributed by atoms with Gasteiger partial charge in [0.05, 0.1) is 18.3 Å². The fourth-order valence-corrected chi connectivity index (χ4v) is 2.51. The van der Waals surface area contributed by atoms with Crippen LogP contribution in [0.5, 0.6) is 0 Å². The van der Waals surface area contributed by atoms with E-state index in [-0.39, 0.29) is 11.4 Å². The molecule has 3 nitrogen and oxygen atoms in total. The molecule has 1 aliphatic heterocycles. The zero-order chi connectivity index (χ0) is 14.2. The fraction of sp³-hybridized carbons (Fsp3) is 0.600. The SMILES string of the molecule is Cc1cc(N2CCOC(C)(C)C2)c([C@@H](C)O)cc1F. The van der Waals surface area contributed by atoms with Crippen molar-refractivity contribution in [1.82, 2.24) is 0 Å². The molecular formula is C15H22FNO2. The molecule has 1 fully saturated rings. The molecule has 1 N–H and O–H groups in total. The summed E-state index contributed by atoms with van der Waals surface area (Å²) in [5, 5.41) is 9.86. The van der Waals surface area contributed by atoms with Crippen LogP contribution in [0.3, 0.4) is 0 Å². The first kappa shape index (κ1) is 14.3. The van der Waals surface area contributed by atoms with Gasteiger partial charge in [-0.3, -0.25) is 0 Å². The highest BCUT2D eigenvalue weighted by Gasteiger charge is 2.29. The third-order valence-corrected chi connectivity index (χ3v) is 3.52. The number of aliphatic hydroxyl groups is 1. The number of anilines is 1. The second-order valence-electron chi connectivity index (χ2n) is 5.87. The Morgan fingerprint density at radius 1 is 1.42 bits per heavy atom. The molecule has 0 bridgehead atoms. The van der Waals surface area contributed by atoms with Gasteiger partial charge in [-0.1, -0.05) is 0 Å². The van der Waals surface area contributed by atoms with Crippen molar-refractivity contribution in [1.29, 1.82) is 0 Å². The molecule has 19 heavy (non-hydrogen) atoms. The number of benzene rings is 1. The van der Waals surface area contributed by atoms with E-state index in [9.17, 15) is 9.50 Å². The van der Waals surface area contributed by atoms with Crippen LogP contribution in [-0.2, 0) is 4.74 Å². The van der Waals surface area contributed by atoms with E-state index in [2.05, 4.69) is 4.90 Å². The number of nitrogens with zero attached hydrogens (tertiary/aromatic N) is 1. The summed E-state index contributed by atoms with van der Waals surface area (Å²) in [5.74, 6) is -0.271. The van der Waals surface area contributed by atoms with Crippen LogP contribution < -0.4 is 4.90 Å². The van der Waals surface area contributed by atoms with Gasteiger partial charge in [-0.2, -0.15) is 0 Å². The summed E-state index contributed by atoms with van der Waals surface area (Å²) in [6.45, 7) is 9.62. The highest BCUT2D eigenvalue weighted by atomic mass is 19.1. The van der Waals surface area contributed by atoms with Crippen molar-refractivity contribution >= 4 is 5.69 Å². The third-order valence-electron chi connectivity index (χ3n) is 3.52. The summed E-state index contributed by atoms with van der Waals surface area (Å²) in [4.78, 5) is 2.16. The number of halogens is 1. The fourth-order valence-electron chi connectivity index (χ4n) is 2.51. The van der Waals surface area contributed by atoms with Crippen molar-refractivity contribution in [3.05, 3.63) is 29.1 Å². The lowest BCUT2D eigenvalue weighted by atomic mass is 10.0. The number of morpholine rings is 1. The van der Waals surface area contributed by atoms with Crippen LogP contribution in [0.15, 0.2) is 12.1 Å². The Bertz CT molecular complexity index is 471. The monoisotopic (exact) mass is 267 g/mol. The molecular weight excluding hydrogens is 245 g/mol. The second kappa shape index (κ2) is 5.10. The van der Waals surface area contributed by atoms with E-state index in [1.165, 1.54) is 6.07 Å². The van der Waals surface area contributed by atoms with Crippen molar-refractivity contribution in [3.8, 4) is 0 Å². The molecule has 1 aromatic carbocycles. The van der Waals surface area contributed by atoms with Gasteiger partial charge in [-0.05, 0) is 45.4 Å². The van der Waals surface area contributed by atoms with Crippen molar-refractivity contribution < 1.29 is 14.2 Å².